The Bertz CT molecular complexity index is 2210. The second kappa shape index (κ2) is 13.1. The molecule has 0 heterocycles. The average molecular weight is 619 g/mol. The highest BCUT2D eigenvalue weighted by atomic mass is 15.2. The molecule has 7 aromatic carbocycles. The summed E-state index contributed by atoms with van der Waals surface area (Å²) < 4.78 is 0. The van der Waals surface area contributed by atoms with Crippen LogP contribution in [0.1, 0.15) is 29.5 Å². The van der Waals surface area contributed by atoms with E-state index < -0.39 is 0 Å². The van der Waals surface area contributed by atoms with Crippen LogP contribution >= 0.6 is 0 Å². The lowest BCUT2D eigenvalue weighted by molar-refractivity contribution is 0.851. The van der Waals surface area contributed by atoms with Crippen LogP contribution in [0.2, 0.25) is 0 Å². The van der Waals surface area contributed by atoms with Gasteiger partial charge < -0.3 is 9.80 Å². The molecule has 0 N–H and O–H groups in total. The minimum absolute atomic E-state index is 1.07. The minimum atomic E-state index is 1.07. The molecule has 0 unspecified atom stereocenters. The maximum Gasteiger partial charge on any atom is 0.0540 e. The fourth-order valence-corrected chi connectivity index (χ4v) is 7.12. The molecule has 232 valence electrons. The lowest BCUT2D eigenvalue weighted by Crippen LogP contribution is -2.16. The summed E-state index contributed by atoms with van der Waals surface area (Å²) in [5.41, 5.74) is 13.5. The first-order chi connectivity index (χ1) is 23.7. The quantitative estimate of drug-likeness (QED) is 0.175. The van der Waals surface area contributed by atoms with E-state index in [-0.39, 0.29) is 0 Å². The number of anilines is 5. The topological polar surface area (TPSA) is 6.48 Å². The van der Waals surface area contributed by atoms with Gasteiger partial charge in [-0.1, -0.05) is 121 Å². The summed E-state index contributed by atoms with van der Waals surface area (Å²) in [6.45, 7) is 2.22. The van der Waals surface area contributed by atoms with Gasteiger partial charge in [0.05, 0.1) is 5.69 Å². The molecule has 2 nitrogen and oxygen atoms in total. The van der Waals surface area contributed by atoms with Gasteiger partial charge in [-0.25, -0.2) is 0 Å². The van der Waals surface area contributed by atoms with Gasteiger partial charge in [0.15, 0.2) is 0 Å². The highest BCUT2D eigenvalue weighted by molar-refractivity contribution is 5.99. The minimum Gasteiger partial charge on any atom is -0.310 e. The largest absolute Gasteiger partial charge is 0.310 e. The van der Waals surface area contributed by atoms with Gasteiger partial charge in [0.1, 0.15) is 0 Å². The fourth-order valence-electron chi connectivity index (χ4n) is 7.12. The molecule has 48 heavy (non-hydrogen) atoms. The normalized spacial score (nSPS) is 12.6. The van der Waals surface area contributed by atoms with Crippen molar-refractivity contribution in [1.82, 2.24) is 0 Å². The van der Waals surface area contributed by atoms with Crippen molar-refractivity contribution in [3.05, 3.63) is 193 Å². The van der Waals surface area contributed by atoms with Crippen molar-refractivity contribution in [1.29, 1.82) is 0 Å². The molecule has 0 amide bonds. The highest BCUT2D eigenvalue weighted by Gasteiger charge is 2.21. The molecule has 0 spiro atoms. The van der Waals surface area contributed by atoms with Gasteiger partial charge in [0.25, 0.3) is 0 Å². The van der Waals surface area contributed by atoms with Crippen LogP contribution in [0.3, 0.4) is 0 Å². The third kappa shape index (κ3) is 5.67. The molecule has 0 saturated heterocycles. The molecule has 7 aromatic rings. The Balaban J connectivity index is 1.17. The maximum atomic E-state index is 2.42. The van der Waals surface area contributed by atoms with Crippen molar-refractivity contribution in [2.75, 3.05) is 9.80 Å². The first-order valence-corrected chi connectivity index (χ1v) is 16.9. The average Bonchev–Trinajstić information content (AvgIpc) is 3.36. The molecule has 0 radical (unpaired) electrons. The van der Waals surface area contributed by atoms with Crippen molar-refractivity contribution in [3.63, 3.8) is 0 Å². The van der Waals surface area contributed by atoms with Crippen molar-refractivity contribution in [2.24, 2.45) is 0 Å². The van der Waals surface area contributed by atoms with Crippen LogP contribution in [0.25, 0.3) is 27.6 Å². The molecule has 0 atom stereocenters. The van der Waals surface area contributed by atoms with Crippen molar-refractivity contribution < 1.29 is 0 Å². The fraction of sp³-hybridized carbons (Fsp3) is 0.0870. The molecule has 0 bridgehead atoms. The number of allylic oxidation sites excluding steroid dienone is 1. The van der Waals surface area contributed by atoms with Crippen molar-refractivity contribution in [2.45, 2.75) is 26.2 Å². The van der Waals surface area contributed by atoms with E-state index in [1.54, 1.807) is 0 Å². The number of hydrogen-bond donors (Lipinski definition) is 0. The van der Waals surface area contributed by atoms with Gasteiger partial charge in [-0.15, -0.1) is 0 Å². The van der Waals surface area contributed by atoms with Gasteiger partial charge in [0.2, 0.25) is 0 Å². The lowest BCUT2D eigenvalue weighted by Gasteiger charge is -2.29. The molecule has 2 heteroatoms. The molecule has 0 aliphatic heterocycles. The Morgan fingerprint density at radius 2 is 1.10 bits per heavy atom. The Morgan fingerprint density at radius 1 is 0.479 bits per heavy atom. The zero-order valence-corrected chi connectivity index (χ0v) is 27.3. The number of fused-ring (bicyclic) bond motifs is 2. The van der Waals surface area contributed by atoms with Crippen LogP contribution in [0.15, 0.2) is 176 Å². The maximum absolute atomic E-state index is 2.42. The number of hydrogen-bond acceptors (Lipinski definition) is 2. The van der Waals surface area contributed by atoms with Gasteiger partial charge in [-0.05, 0) is 108 Å². The van der Waals surface area contributed by atoms with E-state index >= 15 is 0 Å². The van der Waals surface area contributed by atoms with E-state index in [1.165, 1.54) is 67.8 Å². The number of aryl methyl sites for hydroxylation is 2. The third-order valence-corrected chi connectivity index (χ3v) is 9.45. The standard InChI is InChI=1S/C46H38N2/c1-34-33-38(29-32-44(34)48(40-21-6-3-7-22-40)46-26-14-18-37-16-9-12-24-43(37)46)35-27-30-41(31-28-35)47(39-19-4-2-5-20-39)45-25-13-10-17-36-15-8-11-23-42(36)45/h2-9,11-12,14-16,18-33H,10,13,17H2,1H3. The zero-order chi connectivity index (χ0) is 32.3. The van der Waals surface area contributed by atoms with Crippen LogP contribution in [0, 0.1) is 6.92 Å². The van der Waals surface area contributed by atoms with Crippen molar-refractivity contribution in [3.8, 4) is 11.1 Å². The van der Waals surface area contributed by atoms with Gasteiger partial charge >= 0.3 is 0 Å². The number of para-hydroxylation sites is 2. The van der Waals surface area contributed by atoms with E-state index in [2.05, 4.69) is 193 Å². The number of nitrogens with zero attached hydrogens (tertiary/aromatic N) is 2. The van der Waals surface area contributed by atoms with E-state index in [1.807, 2.05) is 0 Å². The molecule has 0 fully saturated rings. The molecule has 0 aromatic heterocycles. The van der Waals surface area contributed by atoms with E-state index in [0.29, 0.717) is 0 Å². The Kier molecular flexibility index (Phi) is 8.06. The van der Waals surface area contributed by atoms with Gasteiger partial charge in [-0.3, -0.25) is 0 Å². The molecule has 1 aliphatic carbocycles. The molecule has 8 rings (SSSR count). The van der Waals surface area contributed by atoms with Gasteiger partial charge in [-0.2, -0.15) is 0 Å². The van der Waals surface area contributed by atoms with Crippen LogP contribution in [-0.2, 0) is 6.42 Å². The Hall–Kier alpha value is -5.86. The number of rotatable bonds is 7. The van der Waals surface area contributed by atoms with E-state index in [9.17, 15) is 0 Å². The zero-order valence-electron chi connectivity index (χ0n) is 27.3. The lowest BCUT2D eigenvalue weighted by atomic mass is 9.99. The van der Waals surface area contributed by atoms with Crippen LogP contribution < -0.4 is 9.80 Å². The summed E-state index contributed by atoms with van der Waals surface area (Å²) in [4.78, 5) is 4.81. The summed E-state index contributed by atoms with van der Waals surface area (Å²) in [7, 11) is 0. The summed E-state index contributed by atoms with van der Waals surface area (Å²) >= 11 is 0. The second-order valence-electron chi connectivity index (χ2n) is 12.5. The first-order valence-electron chi connectivity index (χ1n) is 16.9. The molecule has 0 saturated carbocycles. The van der Waals surface area contributed by atoms with E-state index in [4.69, 9.17) is 0 Å². The van der Waals surface area contributed by atoms with Crippen LogP contribution in [0.4, 0.5) is 28.4 Å². The monoisotopic (exact) mass is 618 g/mol. The van der Waals surface area contributed by atoms with Gasteiger partial charge in [0, 0.05) is 39.4 Å². The molecule has 1 aliphatic rings. The first kappa shape index (κ1) is 29.5. The Labute approximate surface area is 283 Å². The molecular formula is C46H38N2. The summed E-state index contributed by atoms with van der Waals surface area (Å²) in [5, 5.41) is 2.47. The Morgan fingerprint density at radius 3 is 1.88 bits per heavy atom. The SMILES string of the molecule is Cc1cc(-c2ccc(N(C3=CCCCc4ccccc43)c3ccccc3)cc2)ccc1N(c1ccccc1)c1cccc2ccccc12. The van der Waals surface area contributed by atoms with Crippen molar-refractivity contribution >= 4 is 44.9 Å². The highest BCUT2D eigenvalue weighted by Crippen LogP contribution is 2.42. The number of benzene rings is 7. The predicted molar refractivity (Wildman–Crippen MR) is 205 cm³/mol. The third-order valence-electron chi connectivity index (χ3n) is 9.45. The van der Waals surface area contributed by atoms with Crippen LogP contribution in [0.5, 0.6) is 0 Å². The summed E-state index contributed by atoms with van der Waals surface area (Å²) in [5.74, 6) is 0. The summed E-state index contributed by atoms with van der Waals surface area (Å²) in [6, 6.07) is 61.5. The molecular weight excluding hydrogens is 581 g/mol. The summed E-state index contributed by atoms with van der Waals surface area (Å²) in [6.07, 6.45) is 5.76. The van der Waals surface area contributed by atoms with Crippen LogP contribution in [-0.4, -0.2) is 0 Å². The van der Waals surface area contributed by atoms with E-state index in [0.717, 1.165) is 24.2 Å². The second-order valence-corrected chi connectivity index (χ2v) is 12.5. The smallest absolute Gasteiger partial charge is 0.0540 e. The predicted octanol–water partition coefficient (Wildman–Crippen LogP) is 12.8.